The minimum atomic E-state index is -1.13. The first-order valence-corrected chi connectivity index (χ1v) is 10.0. The van der Waals surface area contributed by atoms with Gasteiger partial charge < -0.3 is 21.3 Å². The maximum Gasteiger partial charge on any atom is 0.246 e. The van der Waals surface area contributed by atoms with Crippen LogP contribution in [0.25, 0.3) is 10.2 Å². The van der Waals surface area contributed by atoms with Gasteiger partial charge >= 0.3 is 0 Å². The van der Waals surface area contributed by atoms with E-state index in [2.05, 4.69) is 9.97 Å². The third-order valence-corrected chi connectivity index (χ3v) is 6.70. The van der Waals surface area contributed by atoms with Crippen molar-refractivity contribution in [3.05, 3.63) is 16.8 Å². The summed E-state index contributed by atoms with van der Waals surface area (Å²) in [6, 6.07) is 0.269. The summed E-state index contributed by atoms with van der Waals surface area (Å²) in [6.45, 7) is 0. The van der Waals surface area contributed by atoms with Crippen molar-refractivity contribution in [1.82, 2.24) is 9.97 Å². The summed E-state index contributed by atoms with van der Waals surface area (Å²) < 4.78 is 6.25. The van der Waals surface area contributed by atoms with Crippen LogP contribution < -0.4 is 16.2 Å². The number of hydrogen-bond acceptors (Lipinski definition) is 7. The lowest BCUT2D eigenvalue weighted by molar-refractivity contribution is -0.126. The number of primary amides is 1. The molecule has 2 atom stereocenters. The molecule has 2 aromatic heterocycles. The predicted molar refractivity (Wildman–Crippen MR) is 99.2 cm³/mol. The Morgan fingerprint density at radius 3 is 2.81 bits per heavy atom. The van der Waals surface area contributed by atoms with Gasteiger partial charge in [-0.1, -0.05) is 0 Å². The van der Waals surface area contributed by atoms with Crippen molar-refractivity contribution in [2.45, 2.75) is 69.1 Å². The van der Waals surface area contributed by atoms with E-state index < -0.39 is 12.0 Å². The van der Waals surface area contributed by atoms with E-state index in [0.717, 1.165) is 54.3 Å². The van der Waals surface area contributed by atoms with Crippen LogP contribution in [0, 0.1) is 0 Å². The molecule has 0 radical (unpaired) electrons. The van der Waals surface area contributed by atoms with E-state index in [1.54, 1.807) is 17.7 Å². The summed E-state index contributed by atoms with van der Waals surface area (Å²) in [4.78, 5) is 22.2. The Labute approximate surface area is 155 Å². The second-order valence-electron chi connectivity index (χ2n) is 7.34. The molecule has 0 spiro atoms. The number of fused-ring (bicyclic) bond motifs is 3. The van der Waals surface area contributed by atoms with Gasteiger partial charge in [-0.15, -0.1) is 11.3 Å². The van der Waals surface area contributed by atoms with E-state index in [4.69, 9.17) is 16.2 Å². The number of aryl methyl sites for hydroxylation is 1. The van der Waals surface area contributed by atoms with Crippen LogP contribution in [-0.2, 0) is 11.2 Å². The molecule has 0 aromatic carbocycles. The lowest BCUT2D eigenvalue weighted by Gasteiger charge is -2.26. The molecular formula is C18H24N4O3S. The summed E-state index contributed by atoms with van der Waals surface area (Å²) in [7, 11) is 0. The highest BCUT2D eigenvalue weighted by Gasteiger charge is 2.33. The average molecular weight is 376 g/mol. The van der Waals surface area contributed by atoms with Gasteiger partial charge in [-0.05, 0) is 56.4 Å². The zero-order valence-corrected chi connectivity index (χ0v) is 15.4. The van der Waals surface area contributed by atoms with Gasteiger partial charge in [0.2, 0.25) is 11.8 Å². The highest BCUT2D eigenvalue weighted by molar-refractivity contribution is 7.19. The SMILES string of the molecule is NC(=O)[C@H](O)C[C@H]1CCc2sc3ncnc(OC4CCC(N)CC4)c3c21. The van der Waals surface area contributed by atoms with E-state index in [0.29, 0.717) is 12.3 Å². The standard InChI is InChI=1S/C18H24N4O3S/c19-10-2-4-11(5-3-10)25-17-15-14-9(7-12(23)16(20)24)1-6-13(14)26-18(15)22-8-21-17/h8-12,23H,1-7,19H2,(H2,20,24)/t9-,10?,11?,12-/m1/s1. The van der Waals surface area contributed by atoms with Crippen molar-refractivity contribution >= 4 is 27.5 Å². The van der Waals surface area contributed by atoms with Gasteiger partial charge in [-0.3, -0.25) is 4.79 Å². The Bertz CT molecular complexity index is 816. The second-order valence-corrected chi connectivity index (χ2v) is 8.43. The smallest absolute Gasteiger partial charge is 0.246 e. The topological polar surface area (TPSA) is 124 Å². The number of nitrogens with two attached hydrogens (primary N) is 2. The Balaban J connectivity index is 1.64. The largest absolute Gasteiger partial charge is 0.474 e. The van der Waals surface area contributed by atoms with Crippen LogP contribution in [-0.4, -0.2) is 39.2 Å². The van der Waals surface area contributed by atoms with Gasteiger partial charge in [0.1, 0.15) is 23.4 Å². The van der Waals surface area contributed by atoms with Gasteiger partial charge in [0, 0.05) is 10.9 Å². The second kappa shape index (κ2) is 7.09. The van der Waals surface area contributed by atoms with Gasteiger partial charge in [0.15, 0.2) is 0 Å². The number of carbonyl (C=O) groups is 1. The molecule has 0 bridgehead atoms. The zero-order valence-electron chi connectivity index (χ0n) is 14.6. The number of aliphatic hydroxyl groups excluding tert-OH is 1. The molecular weight excluding hydrogens is 352 g/mol. The first-order valence-electron chi connectivity index (χ1n) is 9.18. The summed E-state index contributed by atoms with van der Waals surface area (Å²) in [5.74, 6) is 0.0204. The number of thiophene rings is 1. The third-order valence-electron chi connectivity index (χ3n) is 5.53. The molecule has 0 saturated heterocycles. The molecule has 2 aliphatic rings. The van der Waals surface area contributed by atoms with Crippen LogP contribution in [0.5, 0.6) is 5.88 Å². The van der Waals surface area contributed by atoms with Crippen LogP contribution in [0.3, 0.4) is 0 Å². The molecule has 5 N–H and O–H groups in total. The number of ether oxygens (including phenoxy) is 1. The maximum atomic E-state index is 11.3. The summed E-state index contributed by atoms with van der Waals surface area (Å²) in [5, 5.41) is 10.9. The fourth-order valence-electron chi connectivity index (χ4n) is 4.12. The highest BCUT2D eigenvalue weighted by atomic mass is 32.1. The van der Waals surface area contributed by atoms with Crippen molar-refractivity contribution in [3.8, 4) is 5.88 Å². The van der Waals surface area contributed by atoms with Crippen LogP contribution >= 0.6 is 11.3 Å². The van der Waals surface area contributed by atoms with E-state index in [9.17, 15) is 9.90 Å². The fraction of sp³-hybridized carbons (Fsp3) is 0.611. The van der Waals surface area contributed by atoms with E-state index in [1.165, 1.54) is 4.88 Å². The fourth-order valence-corrected chi connectivity index (χ4v) is 5.35. The molecule has 26 heavy (non-hydrogen) atoms. The average Bonchev–Trinajstić information content (AvgIpc) is 3.17. The normalized spacial score (nSPS) is 26.6. The number of nitrogens with zero attached hydrogens (tertiary/aromatic N) is 2. The first-order chi connectivity index (χ1) is 12.5. The molecule has 7 nitrogen and oxygen atoms in total. The lowest BCUT2D eigenvalue weighted by atomic mass is 9.93. The molecule has 0 aliphatic heterocycles. The van der Waals surface area contributed by atoms with Crippen molar-refractivity contribution in [1.29, 1.82) is 0 Å². The summed E-state index contributed by atoms with van der Waals surface area (Å²) in [6.07, 6.45) is 6.49. The summed E-state index contributed by atoms with van der Waals surface area (Å²) in [5.41, 5.74) is 12.4. The van der Waals surface area contributed by atoms with Crippen molar-refractivity contribution in [3.63, 3.8) is 0 Å². The molecule has 2 heterocycles. The van der Waals surface area contributed by atoms with Crippen molar-refractivity contribution in [2.24, 2.45) is 11.5 Å². The Kier molecular flexibility index (Phi) is 4.81. The molecule has 2 aliphatic carbocycles. The van der Waals surface area contributed by atoms with Gasteiger partial charge in [-0.2, -0.15) is 0 Å². The molecule has 140 valence electrons. The summed E-state index contributed by atoms with van der Waals surface area (Å²) >= 11 is 1.65. The Morgan fingerprint density at radius 2 is 2.08 bits per heavy atom. The number of aromatic nitrogens is 2. The minimum Gasteiger partial charge on any atom is -0.474 e. The van der Waals surface area contributed by atoms with Crippen LogP contribution in [0.2, 0.25) is 0 Å². The highest BCUT2D eigenvalue weighted by Crippen LogP contribution is 2.47. The van der Waals surface area contributed by atoms with E-state index in [-0.39, 0.29) is 18.1 Å². The first kappa shape index (κ1) is 17.6. The van der Waals surface area contributed by atoms with Crippen molar-refractivity contribution < 1.29 is 14.6 Å². The molecule has 8 heteroatoms. The number of aliphatic hydroxyl groups is 1. The molecule has 1 saturated carbocycles. The molecule has 2 aromatic rings. The van der Waals surface area contributed by atoms with E-state index in [1.807, 2.05) is 0 Å². The number of rotatable bonds is 5. The molecule has 0 unspecified atom stereocenters. The predicted octanol–water partition coefficient (Wildman–Crippen LogP) is 1.61. The number of hydrogen-bond donors (Lipinski definition) is 3. The Hall–Kier alpha value is -1.77. The van der Waals surface area contributed by atoms with Crippen molar-refractivity contribution in [2.75, 3.05) is 0 Å². The molecule has 1 fully saturated rings. The van der Waals surface area contributed by atoms with Gasteiger partial charge in [0.05, 0.1) is 5.39 Å². The minimum absolute atomic E-state index is 0.0781. The molecule has 4 rings (SSSR count). The van der Waals surface area contributed by atoms with E-state index >= 15 is 0 Å². The van der Waals surface area contributed by atoms with Gasteiger partial charge in [0.25, 0.3) is 0 Å². The van der Waals surface area contributed by atoms with Crippen LogP contribution in [0.4, 0.5) is 0 Å². The quantitative estimate of drug-likeness (QED) is 0.728. The number of carbonyl (C=O) groups excluding carboxylic acids is 1. The third kappa shape index (κ3) is 3.28. The van der Waals surface area contributed by atoms with Crippen LogP contribution in [0.1, 0.15) is 54.9 Å². The zero-order chi connectivity index (χ0) is 18.3. The number of amides is 1. The van der Waals surface area contributed by atoms with Gasteiger partial charge in [-0.25, -0.2) is 9.97 Å². The van der Waals surface area contributed by atoms with Crippen LogP contribution in [0.15, 0.2) is 6.33 Å². The Morgan fingerprint density at radius 1 is 1.31 bits per heavy atom. The lowest BCUT2D eigenvalue weighted by Crippen LogP contribution is -2.32. The molecule has 1 amide bonds. The monoisotopic (exact) mass is 376 g/mol. The maximum absolute atomic E-state index is 11.3.